The summed E-state index contributed by atoms with van der Waals surface area (Å²) in [5.41, 5.74) is 3.41. The number of halogens is 1. The molecule has 0 heterocycles. The number of carbonyl (C=O) groups is 2. The minimum Gasteiger partial charge on any atom is -0.355 e. The van der Waals surface area contributed by atoms with E-state index in [1.807, 2.05) is 19.9 Å². The van der Waals surface area contributed by atoms with Crippen LogP contribution >= 0.6 is 0 Å². The molecule has 0 radical (unpaired) electrons. The summed E-state index contributed by atoms with van der Waals surface area (Å²) in [4.78, 5) is 28.0. The number of nitrogens with zero attached hydrogens (tertiary/aromatic N) is 2. The Morgan fingerprint density at radius 3 is 2.13 bits per heavy atom. The van der Waals surface area contributed by atoms with Crippen molar-refractivity contribution in [3.05, 3.63) is 94.8 Å². The summed E-state index contributed by atoms with van der Waals surface area (Å²) >= 11 is 0. The second-order valence-corrected chi connectivity index (χ2v) is 11.2. The van der Waals surface area contributed by atoms with Gasteiger partial charge in [-0.1, -0.05) is 42.0 Å². The third kappa shape index (κ3) is 6.77. The average molecular weight is 540 g/mol. The lowest BCUT2D eigenvalue weighted by Gasteiger charge is -2.32. The van der Waals surface area contributed by atoms with Crippen LogP contribution in [-0.4, -0.2) is 44.3 Å². The van der Waals surface area contributed by atoms with Gasteiger partial charge in [-0.05, 0) is 81.6 Å². The molecule has 0 aliphatic heterocycles. The number of benzene rings is 3. The fraction of sp³-hybridized carbons (Fsp3) is 0.310. The van der Waals surface area contributed by atoms with Gasteiger partial charge in [0, 0.05) is 13.1 Å². The molecule has 0 aliphatic carbocycles. The van der Waals surface area contributed by atoms with Crippen LogP contribution in [0.25, 0.3) is 0 Å². The second kappa shape index (κ2) is 12.2. The van der Waals surface area contributed by atoms with Gasteiger partial charge in [0.2, 0.25) is 11.8 Å². The van der Waals surface area contributed by atoms with Crippen LogP contribution in [0.5, 0.6) is 0 Å². The summed E-state index contributed by atoms with van der Waals surface area (Å²) in [6.07, 6.45) is 0. The molecule has 0 bridgehead atoms. The number of sulfonamides is 1. The zero-order valence-corrected chi connectivity index (χ0v) is 23.2. The fourth-order valence-electron chi connectivity index (χ4n) is 4.03. The van der Waals surface area contributed by atoms with Crippen molar-refractivity contribution < 1.29 is 22.4 Å². The van der Waals surface area contributed by atoms with Crippen LogP contribution in [-0.2, 0) is 26.2 Å². The van der Waals surface area contributed by atoms with Crippen molar-refractivity contribution in [2.75, 3.05) is 17.4 Å². The highest BCUT2D eigenvalue weighted by Gasteiger charge is 2.33. The third-order valence-corrected chi connectivity index (χ3v) is 8.08. The highest BCUT2D eigenvalue weighted by atomic mass is 32.2. The molecule has 0 fully saturated rings. The number of likely N-dealkylation sites (N-methyl/N-ethyl adjacent to an activating group) is 1. The molecule has 0 aliphatic rings. The molecule has 9 heteroatoms. The average Bonchev–Trinajstić information content (AvgIpc) is 2.88. The normalized spacial score (nSPS) is 12.1. The Morgan fingerprint density at radius 1 is 0.921 bits per heavy atom. The van der Waals surface area contributed by atoms with Crippen LogP contribution in [0.2, 0.25) is 0 Å². The lowest BCUT2D eigenvalue weighted by atomic mass is 10.1. The van der Waals surface area contributed by atoms with Crippen LogP contribution in [0.15, 0.2) is 71.6 Å². The van der Waals surface area contributed by atoms with Crippen LogP contribution < -0.4 is 9.62 Å². The zero-order chi connectivity index (χ0) is 28.0. The number of hydrogen-bond donors (Lipinski definition) is 1. The Kier molecular flexibility index (Phi) is 9.27. The number of hydrogen-bond acceptors (Lipinski definition) is 4. The van der Waals surface area contributed by atoms with Crippen molar-refractivity contribution in [2.24, 2.45) is 0 Å². The Hall–Kier alpha value is -3.72. The maximum atomic E-state index is 13.9. The molecule has 38 heavy (non-hydrogen) atoms. The Morgan fingerprint density at radius 2 is 1.53 bits per heavy atom. The van der Waals surface area contributed by atoms with E-state index in [1.54, 1.807) is 45.0 Å². The molecular weight excluding hydrogens is 505 g/mol. The van der Waals surface area contributed by atoms with Crippen molar-refractivity contribution in [1.29, 1.82) is 0 Å². The van der Waals surface area contributed by atoms with Crippen LogP contribution in [0.1, 0.15) is 36.1 Å². The number of nitrogens with one attached hydrogen (secondary N) is 1. The summed E-state index contributed by atoms with van der Waals surface area (Å²) < 4.78 is 42.4. The van der Waals surface area contributed by atoms with Gasteiger partial charge in [-0.15, -0.1) is 0 Å². The maximum Gasteiger partial charge on any atom is 0.264 e. The smallest absolute Gasteiger partial charge is 0.264 e. The SMILES string of the molecule is CCNC(=O)C(C)N(Cc1ccc(F)cc1)C(=O)CN(c1cc(C)ccc1C)S(=O)(=O)c1ccc(C)cc1. The molecule has 1 N–H and O–H groups in total. The second-order valence-electron chi connectivity index (χ2n) is 9.33. The molecule has 1 unspecified atom stereocenters. The molecule has 1 atom stereocenters. The molecule has 202 valence electrons. The molecule has 3 aromatic rings. The van der Waals surface area contributed by atoms with Gasteiger partial charge in [-0.3, -0.25) is 13.9 Å². The number of rotatable bonds is 10. The monoisotopic (exact) mass is 539 g/mol. The van der Waals surface area contributed by atoms with Gasteiger partial charge in [-0.2, -0.15) is 0 Å². The molecule has 7 nitrogen and oxygen atoms in total. The summed E-state index contributed by atoms with van der Waals surface area (Å²) in [6, 6.07) is 16.6. The highest BCUT2D eigenvalue weighted by Crippen LogP contribution is 2.28. The Bertz CT molecular complexity index is 1390. The minimum absolute atomic E-state index is 0.00261. The van der Waals surface area contributed by atoms with Gasteiger partial charge < -0.3 is 10.2 Å². The first-order valence-electron chi connectivity index (χ1n) is 12.4. The van der Waals surface area contributed by atoms with Crippen molar-refractivity contribution >= 4 is 27.5 Å². The minimum atomic E-state index is -4.14. The van der Waals surface area contributed by atoms with E-state index < -0.39 is 34.3 Å². The maximum absolute atomic E-state index is 13.9. The van der Waals surface area contributed by atoms with Gasteiger partial charge in [-0.25, -0.2) is 12.8 Å². The van der Waals surface area contributed by atoms with Gasteiger partial charge in [0.15, 0.2) is 0 Å². The van der Waals surface area contributed by atoms with E-state index in [0.29, 0.717) is 23.4 Å². The molecular formula is C29H34FN3O4S. The first kappa shape index (κ1) is 28.8. The lowest BCUT2D eigenvalue weighted by Crippen LogP contribution is -2.51. The van der Waals surface area contributed by atoms with Crippen molar-refractivity contribution in [3.63, 3.8) is 0 Å². The van der Waals surface area contributed by atoms with Crippen molar-refractivity contribution in [2.45, 2.75) is 52.1 Å². The molecule has 0 saturated carbocycles. The van der Waals surface area contributed by atoms with Gasteiger partial charge in [0.05, 0.1) is 10.6 Å². The molecule has 0 aromatic heterocycles. The topological polar surface area (TPSA) is 86.8 Å². The van der Waals surface area contributed by atoms with E-state index >= 15 is 0 Å². The quantitative estimate of drug-likeness (QED) is 0.411. The number of anilines is 1. The van der Waals surface area contributed by atoms with E-state index in [-0.39, 0.29) is 17.3 Å². The van der Waals surface area contributed by atoms with Crippen LogP contribution in [0.3, 0.4) is 0 Å². The third-order valence-electron chi connectivity index (χ3n) is 6.31. The van der Waals surface area contributed by atoms with Gasteiger partial charge in [0.1, 0.15) is 18.4 Å². The summed E-state index contributed by atoms with van der Waals surface area (Å²) in [6.45, 7) is 8.70. The summed E-state index contributed by atoms with van der Waals surface area (Å²) in [7, 11) is -4.14. The predicted molar refractivity (Wildman–Crippen MR) is 147 cm³/mol. The van der Waals surface area contributed by atoms with Gasteiger partial charge >= 0.3 is 0 Å². The fourth-order valence-corrected chi connectivity index (χ4v) is 5.50. The largest absolute Gasteiger partial charge is 0.355 e. The Balaban J connectivity index is 2.07. The van der Waals surface area contributed by atoms with Crippen LogP contribution in [0, 0.1) is 26.6 Å². The number of carbonyl (C=O) groups excluding carboxylic acids is 2. The predicted octanol–water partition coefficient (Wildman–Crippen LogP) is 4.50. The Labute approximate surface area is 224 Å². The first-order chi connectivity index (χ1) is 17.9. The molecule has 0 spiro atoms. The highest BCUT2D eigenvalue weighted by molar-refractivity contribution is 7.92. The van der Waals surface area contributed by atoms with E-state index in [2.05, 4.69) is 5.32 Å². The van der Waals surface area contributed by atoms with E-state index in [9.17, 15) is 22.4 Å². The van der Waals surface area contributed by atoms with E-state index in [1.165, 1.54) is 41.3 Å². The van der Waals surface area contributed by atoms with Crippen molar-refractivity contribution in [3.8, 4) is 0 Å². The zero-order valence-electron chi connectivity index (χ0n) is 22.4. The number of aryl methyl sites for hydroxylation is 3. The molecule has 3 aromatic carbocycles. The standard InChI is InChI=1S/C29H34FN3O4S/c1-6-31-29(35)23(5)32(18-24-11-13-25(30)14-12-24)28(34)19-33(27-17-21(3)7-10-22(27)4)38(36,37)26-15-8-20(2)9-16-26/h7-17,23H,6,18-19H2,1-5H3,(H,31,35). The van der Waals surface area contributed by atoms with E-state index in [4.69, 9.17) is 0 Å². The summed E-state index contributed by atoms with van der Waals surface area (Å²) in [5, 5.41) is 2.71. The van der Waals surface area contributed by atoms with Gasteiger partial charge in [0.25, 0.3) is 10.0 Å². The molecule has 0 saturated heterocycles. The number of amides is 2. The molecule has 3 rings (SSSR count). The van der Waals surface area contributed by atoms with E-state index in [0.717, 1.165) is 15.4 Å². The first-order valence-corrected chi connectivity index (χ1v) is 13.9. The van der Waals surface area contributed by atoms with Crippen LogP contribution in [0.4, 0.5) is 10.1 Å². The summed E-state index contributed by atoms with van der Waals surface area (Å²) in [5.74, 6) is -1.36. The van der Waals surface area contributed by atoms with Crippen molar-refractivity contribution in [1.82, 2.24) is 10.2 Å². The lowest BCUT2D eigenvalue weighted by molar-refractivity contribution is -0.139. The molecule has 2 amide bonds.